The van der Waals surface area contributed by atoms with Gasteiger partial charge in [0, 0.05) is 29.7 Å². The number of aromatic nitrogens is 2. The molecule has 2 unspecified atom stereocenters. The van der Waals surface area contributed by atoms with E-state index in [1.807, 2.05) is 27.7 Å². The summed E-state index contributed by atoms with van der Waals surface area (Å²) >= 11 is 0. The van der Waals surface area contributed by atoms with Crippen molar-refractivity contribution >= 4 is 5.91 Å². The quantitative estimate of drug-likeness (QED) is 0.868. The maximum absolute atomic E-state index is 12.1. The summed E-state index contributed by atoms with van der Waals surface area (Å²) in [6, 6.07) is 0.0535. The molecule has 1 fully saturated rings. The van der Waals surface area contributed by atoms with Crippen LogP contribution >= 0.6 is 0 Å². The molecule has 1 aromatic heterocycles. The van der Waals surface area contributed by atoms with Crippen LogP contribution in [0.2, 0.25) is 0 Å². The van der Waals surface area contributed by atoms with E-state index in [0.717, 1.165) is 19.3 Å². The van der Waals surface area contributed by atoms with Crippen molar-refractivity contribution in [1.29, 1.82) is 0 Å². The van der Waals surface area contributed by atoms with Crippen LogP contribution in [0.3, 0.4) is 0 Å². The van der Waals surface area contributed by atoms with E-state index >= 15 is 0 Å². The maximum atomic E-state index is 12.1. The zero-order chi connectivity index (χ0) is 16.4. The van der Waals surface area contributed by atoms with Crippen LogP contribution in [0.15, 0.2) is 4.52 Å². The largest absolute Gasteiger partial charge is 0.396 e. The fraction of sp³-hybridized carbons (Fsp3) is 0.812. The summed E-state index contributed by atoms with van der Waals surface area (Å²) in [7, 11) is 0. The third-order valence-corrected chi connectivity index (χ3v) is 4.48. The molecule has 22 heavy (non-hydrogen) atoms. The molecule has 1 aliphatic rings. The highest BCUT2D eigenvalue weighted by Gasteiger charge is 2.38. The Balaban J connectivity index is 1.84. The molecule has 1 heterocycles. The summed E-state index contributed by atoms with van der Waals surface area (Å²) < 4.78 is 5.19. The normalized spacial score (nSPS) is 25.4. The van der Waals surface area contributed by atoms with Crippen molar-refractivity contribution in [3.63, 3.8) is 0 Å². The molecule has 1 saturated carbocycles. The molecule has 124 valence electrons. The van der Waals surface area contributed by atoms with Crippen molar-refractivity contribution in [3.8, 4) is 0 Å². The lowest BCUT2D eigenvalue weighted by molar-refractivity contribution is -0.122. The van der Waals surface area contributed by atoms with Crippen LogP contribution in [0.1, 0.15) is 65.1 Å². The summed E-state index contributed by atoms with van der Waals surface area (Å²) in [5.41, 5.74) is -0.351. The summed E-state index contributed by atoms with van der Waals surface area (Å²) in [6.45, 7) is 8.19. The molecular formula is C16H27N3O3. The molecule has 1 aromatic rings. The Morgan fingerprint density at radius 1 is 1.50 bits per heavy atom. The highest BCUT2D eigenvalue weighted by atomic mass is 16.5. The number of nitrogens with one attached hydrogen (secondary N) is 1. The van der Waals surface area contributed by atoms with Gasteiger partial charge in [0.25, 0.3) is 0 Å². The number of hydrogen-bond acceptors (Lipinski definition) is 5. The Labute approximate surface area is 131 Å². The van der Waals surface area contributed by atoms with Gasteiger partial charge in [0.15, 0.2) is 5.82 Å². The van der Waals surface area contributed by atoms with Crippen molar-refractivity contribution < 1.29 is 14.4 Å². The molecule has 0 bridgehead atoms. The second-order valence-corrected chi connectivity index (χ2v) is 7.59. The van der Waals surface area contributed by atoms with E-state index < -0.39 is 0 Å². The van der Waals surface area contributed by atoms with Crippen LogP contribution in [-0.4, -0.2) is 33.8 Å². The highest BCUT2D eigenvalue weighted by molar-refractivity contribution is 5.76. The van der Waals surface area contributed by atoms with E-state index in [1.165, 1.54) is 0 Å². The van der Waals surface area contributed by atoms with Crippen LogP contribution in [0, 0.1) is 5.41 Å². The minimum atomic E-state index is -0.195. The molecule has 6 nitrogen and oxygen atoms in total. The van der Waals surface area contributed by atoms with Crippen LogP contribution in [-0.2, 0) is 16.6 Å². The summed E-state index contributed by atoms with van der Waals surface area (Å²) in [5.74, 6) is 1.13. The van der Waals surface area contributed by atoms with E-state index in [-0.39, 0.29) is 29.4 Å². The zero-order valence-corrected chi connectivity index (χ0v) is 14.0. The minimum Gasteiger partial charge on any atom is -0.396 e. The number of aryl methyl sites for hydroxylation is 1. The van der Waals surface area contributed by atoms with E-state index in [4.69, 9.17) is 4.52 Å². The number of nitrogens with zero attached hydrogens (tertiary/aromatic N) is 2. The number of aliphatic hydroxyl groups excluding tert-OH is 1. The number of hydrogen-bond donors (Lipinski definition) is 2. The van der Waals surface area contributed by atoms with Crippen molar-refractivity contribution in [1.82, 2.24) is 15.5 Å². The zero-order valence-electron chi connectivity index (χ0n) is 14.0. The fourth-order valence-electron chi connectivity index (χ4n) is 2.82. The predicted octanol–water partition coefficient (Wildman–Crippen LogP) is 1.97. The van der Waals surface area contributed by atoms with Crippen LogP contribution < -0.4 is 5.32 Å². The smallest absolute Gasteiger partial charge is 0.227 e. The lowest BCUT2D eigenvalue weighted by Crippen LogP contribution is -2.44. The van der Waals surface area contributed by atoms with Gasteiger partial charge in [0.2, 0.25) is 11.8 Å². The molecule has 0 aliphatic heterocycles. The molecule has 2 atom stereocenters. The van der Waals surface area contributed by atoms with Crippen molar-refractivity contribution in [2.75, 3.05) is 6.61 Å². The standard InChI is InChI=1S/C16H27N3O3/c1-15(2,3)14-18-13(22-19-14)8-7-12(21)17-11-6-5-9-16(11,4)10-20/h11,20H,5-10H2,1-4H3,(H,17,21). The molecule has 0 saturated heterocycles. The molecule has 2 rings (SSSR count). The second kappa shape index (κ2) is 6.36. The number of amides is 1. The van der Waals surface area contributed by atoms with Gasteiger partial charge in [-0.15, -0.1) is 0 Å². The van der Waals surface area contributed by atoms with Gasteiger partial charge < -0.3 is 14.9 Å². The summed E-state index contributed by atoms with van der Waals surface area (Å²) in [4.78, 5) is 16.4. The summed E-state index contributed by atoms with van der Waals surface area (Å²) in [6.07, 6.45) is 3.69. The van der Waals surface area contributed by atoms with Crippen LogP contribution in [0.4, 0.5) is 0 Å². The van der Waals surface area contributed by atoms with Gasteiger partial charge in [-0.2, -0.15) is 4.98 Å². The van der Waals surface area contributed by atoms with Gasteiger partial charge in [-0.3, -0.25) is 4.79 Å². The molecule has 2 N–H and O–H groups in total. The summed E-state index contributed by atoms with van der Waals surface area (Å²) in [5, 5.41) is 16.5. The first-order valence-electron chi connectivity index (χ1n) is 7.98. The molecule has 6 heteroatoms. The number of carbonyl (C=O) groups excluding carboxylic acids is 1. The predicted molar refractivity (Wildman–Crippen MR) is 82.3 cm³/mol. The van der Waals surface area contributed by atoms with E-state index in [2.05, 4.69) is 15.5 Å². The van der Waals surface area contributed by atoms with Gasteiger partial charge in [-0.1, -0.05) is 39.3 Å². The van der Waals surface area contributed by atoms with Crippen LogP contribution in [0.5, 0.6) is 0 Å². The average molecular weight is 309 g/mol. The topological polar surface area (TPSA) is 88.2 Å². The third kappa shape index (κ3) is 3.85. The molecule has 0 radical (unpaired) electrons. The van der Waals surface area contributed by atoms with Gasteiger partial charge >= 0.3 is 0 Å². The Morgan fingerprint density at radius 3 is 2.82 bits per heavy atom. The monoisotopic (exact) mass is 309 g/mol. The SMILES string of the molecule is CC(C)(C)c1noc(CCC(=O)NC2CCCC2(C)CO)n1. The van der Waals surface area contributed by atoms with Gasteiger partial charge in [0.1, 0.15) is 0 Å². The molecule has 0 aromatic carbocycles. The Hall–Kier alpha value is -1.43. The van der Waals surface area contributed by atoms with Crippen LogP contribution in [0.25, 0.3) is 0 Å². The molecule has 0 spiro atoms. The molecule has 1 aliphatic carbocycles. The highest BCUT2D eigenvalue weighted by Crippen LogP contribution is 2.37. The average Bonchev–Trinajstić information content (AvgIpc) is 3.04. The van der Waals surface area contributed by atoms with Gasteiger partial charge in [0.05, 0.1) is 6.61 Å². The molecule has 1 amide bonds. The first kappa shape index (κ1) is 16.9. The van der Waals surface area contributed by atoms with Gasteiger partial charge in [-0.05, 0) is 12.8 Å². The number of carbonyl (C=O) groups is 1. The first-order valence-corrected chi connectivity index (χ1v) is 7.98. The Bertz CT molecular complexity index is 521. The Kier molecular flexibility index (Phi) is 4.90. The first-order chi connectivity index (χ1) is 10.2. The maximum Gasteiger partial charge on any atom is 0.227 e. The van der Waals surface area contributed by atoms with E-state index in [1.54, 1.807) is 0 Å². The van der Waals surface area contributed by atoms with E-state index in [9.17, 15) is 9.90 Å². The third-order valence-electron chi connectivity index (χ3n) is 4.48. The lowest BCUT2D eigenvalue weighted by atomic mass is 9.86. The second-order valence-electron chi connectivity index (χ2n) is 7.59. The van der Waals surface area contributed by atoms with E-state index in [0.29, 0.717) is 24.6 Å². The number of rotatable bonds is 5. The van der Waals surface area contributed by atoms with Crippen molar-refractivity contribution in [2.45, 2.75) is 71.3 Å². The van der Waals surface area contributed by atoms with Gasteiger partial charge in [-0.25, -0.2) is 0 Å². The lowest BCUT2D eigenvalue weighted by Gasteiger charge is -2.30. The number of aliphatic hydroxyl groups is 1. The minimum absolute atomic E-state index is 0.0258. The van der Waals surface area contributed by atoms with Crippen molar-refractivity contribution in [2.24, 2.45) is 5.41 Å². The van der Waals surface area contributed by atoms with Crippen molar-refractivity contribution in [3.05, 3.63) is 11.7 Å². The Morgan fingerprint density at radius 2 is 2.23 bits per heavy atom. The fourth-order valence-corrected chi connectivity index (χ4v) is 2.82. The molecular weight excluding hydrogens is 282 g/mol.